The van der Waals surface area contributed by atoms with E-state index in [4.69, 9.17) is 4.74 Å². The lowest BCUT2D eigenvalue weighted by molar-refractivity contribution is -0.159. The van der Waals surface area contributed by atoms with Crippen molar-refractivity contribution in [2.75, 3.05) is 0 Å². The smallest absolute Gasteiger partial charge is 0.309 e. The maximum atomic E-state index is 11.8. The van der Waals surface area contributed by atoms with Crippen molar-refractivity contribution in [3.63, 3.8) is 0 Å². The molecule has 0 radical (unpaired) electrons. The van der Waals surface area contributed by atoms with Crippen LogP contribution < -0.4 is 0 Å². The Balaban J connectivity index is 3.66. The third-order valence-corrected chi connectivity index (χ3v) is 3.14. The molecule has 3 nitrogen and oxygen atoms in total. The molecule has 112 valence electrons. The third-order valence-electron chi connectivity index (χ3n) is 3.14. The van der Waals surface area contributed by atoms with Gasteiger partial charge in [-0.2, -0.15) is 0 Å². The van der Waals surface area contributed by atoms with Gasteiger partial charge in [0.05, 0.1) is 5.92 Å². The number of carbonyl (C=O) groups excluding carboxylic acids is 2. The van der Waals surface area contributed by atoms with E-state index in [0.717, 1.165) is 38.4 Å². The average Bonchev–Trinajstić information content (AvgIpc) is 2.26. The molecule has 19 heavy (non-hydrogen) atoms. The van der Waals surface area contributed by atoms with E-state index < -0.39 is 5.60 Å². The molecule has 0 aromatic rings. The fourth-order valence-corrected chi connectivity index (χ4v) is 1.92. The van der Waals surface area contributed by atoms with Crippen LogP contribution in [0.15, 0.2) is 0 Å². The molecule has 3 heteroatoms. The molecule has 0 aliphatic carbocycles. The second-order valence-corrected chi connectivity index (χ2v) is 6.58. The molecular formula is C16H30O3. The number of hydrogen-bond acceptors (Lipinski definition) is 3. The number of carbonyl (C=O) groups is 2. The van der Waals surface area contributed by atoms with Gasteiger partial charge in [0.2, 0.25) is 0 Å². The molecule has 0 N–H and O–H groups in total. The molecule has 2 atom stereocenters. The first kappa shape index (κ1) is 18.1. The summed E-state index contributed by atoms with van der Waals surface area (Å²) in [5, 5.41) is 0. The van der Waals surface area contributed by atoms with Gasteiger partial charge in [0.1, 0.15) is 11.9 Å². The summed E-state index contributed by atoms with van der Waals surface area (Å²) in [7, 11) is 0. The average molecular weight is 270 g/mol. The Labute approximate surface area is 118 Å². The van der Waals surface area contributed by atoms with E-state index in [-0.39, 0.29) is 11.9 Å². The molecule has 0 saturated carbocycles. The highest BCUT2D eigenvalue weighted by molar-refractivity contribution is 5.72. The van der Waals surface area contributed by atoms with Gasteiger partial charge in [-0.25, -0.2) is 0 Å². The van der Waals surface area contributed by atoms with Crippen LogP contribution in [0.1, 0.15) is 73.1 Å². The van der Waals surface area contributed by atoms with Crippen LogP contribution in [0.4, 0.5) is 0 Å². The summed E-state index contributed by atoms with van der Waals surface area (Å²) < 4.78 is 5.35. The summed E-state index contributed by atoms with van der Waals surface area (Å²) in [6.07, 6.45) is 6.95. The van der Waals surface area contributed by atoms with Crippen LogP contribution in [0.25, 0.3) is 0 Å². The van der Waals surface area contributed by atoms with Crippen molar-refractivity contribution < 1.29 is 14.3 Å². The van der Waals surface area contributed by atoms with Crippen LogP contribution >= 0.6 is 0 Å². The molecule has 0 aromatic carbocycles. The molecule has 2 unspecified atom stereocenters. The van der Waals surface area contributed by atoms with E-state index in [1.165, 1.54) is 0 Å². The molecule has 0 amide bonds. The summed E-state index contributed by atoms with van der Waals surface area (Å²) in [4.78, 5) is 22.1. The van der Waals surface area contributed by atoms with Crippen molar-refractivity contribution in [2.45, 2.75) is 78.7 Å². The van der Waals surface area contributed by atoms with E-state index in [1.807, 2.05) is 27.7 Å². The first-order valence-corrected chi connectivity index (χ1v) is 7.42. The van der Waals surface area contributed by atoms with Crippen molar-refractivity contribution in [3.05, 3.63) is 0 Å². The van der Waals surface area contributed by atoms with Crippen LogP contribution in [0.3, 0.4) is 0 Å². The molecule has 0 aliphatic heterocycles. The lowest BCUT2D eigenvalue weighted by Crippen LogP contribution is -2.27. The summed E-state index contributed by atoms with van der Waals surface area (Å²) in [6.45, 7) is 9.73. The fourth-order valence-electron chi connectivity index (χ4n) is 1.92. The van der Waals surface area contributed by atoms with Gasteiger partial charge in [-0.05, 0) is 33.1 Å². The van der Waals surface area contributed by atoms with Crippen molar-refractivity contribution in [3.8, 4) is 0 Å². The van der Waals surface area contributed by atoms with E-state index in [9.17, 15) is 9.59 Å². The van der Waals surface area contributed by atoms with Crippen molar-refractivity contribution in [1.29, 1.82) is 0 Å². The second-order valence-electron chi connectivity index (χ2n) is 6.58. The molecule has 0 spiro atoms. The Bertz CT molecular complexity index is 266. The summed E-state index contributed by atoms with van der Waals surface area (Å²) in [6, 6.07) is 0. The van der Waals surface area contributed by atoms with Crippen molar-refractivity contribution in [1.82, 2.24) is 0 Å². The van der Waals surface area contributed by atoms with Crippen LogP contribution in [0.2, 0.25) is 0 Å². The number of esters is 1. The van der Waals surface area contributed by atoms with Gasteiger partial charge in [-0.15, -0.1) is 0 Å². The lowest BCUT2D eigenvalue weighted by atomic mass is 9.98. The second kappa shape index (κ2) is 9.11. The normalized spacial score (nSPS) is 14.8. The number of aldehydes is 1. The molecule has 0 heterocycles. The van der Waals surface area contributed by atoms with E-state index in [2.05, 4.69) is 6.92 Å². The molecule has 0 aromatic heterocycles. The molecule has 0 saturated heterocycles. The zero-order valence-corrected chi connectivity index (χ0v) is 13.2. The minimum Gasteiger partial charge on any atom is -0.460 e. The Morgan fingerprint density at radius 1 is 1.11 bits per heavy atom. The predicted octanol–water partition coefficient (Wildman–Crippen LogP) is 4.14. The minimum absolute atomic E-state index is 0.0216. The molecule has 0 fully saturated rings. The molecule has 0 bridgehead atoms. The highest BCUT2D eigenvalue weighted by Crippen LogP contribution is 2.18. The number of hydrogen-bond donors (Lipinski definition) is 0. The Kier molecular flexibility index (Phi) is 8.70. The van der Waals surface area contributed by atoms with Crippen LogP contribution in [0.5, 0.6) is 0 Å². The van der Waals surface area contributed by atoms with Gasteiger partial charge in [0, 0.05) is 6.42 Å². The Morgan fingerprint density at radius 3 is 2.21 bits per heavy atom. The Hall–Kier alpha value is -0.860. The summed E-state index contributed by atoms with van der Waals surface area (Å²) in [5.41, 5.74) is -0.393. The topological polar surface area (TPSA) is 43.4 Å². The quantitative estimate of drug-likeness (QED) is 0.359. The lowest BCUT2D eigenvalue weighted by Gasteiger charge is -2.22. The molecule has 0 aliphatic rings. The van der Waals surface area contributed by atoms with Gasteiger partial charge in [0.25, 0.3) is 0 Å². The molecular weight excluding hydrogens is 240 g/mol. The Morgan fingerprint density at radius 2 is 1.68 bits per heavy atom. The van der Waals surface area contributed by atoms with Crippen LogP contribution in [0, 0.1) is 11.8 Å². The first-order chi connectivity index (χ1) is 8.76. The fraction of sp³-hybridized carbons (Fsp3) is 0.875. The number of ether oxygens (including phenoxy) is 1. The summed E-state index contributed by atoms with van der Waals surface area (Å²) >= 11 is 0. The van der Waals surface area contributed by atoms with Gasteiger partial charge < -0.3 is 9.53 Å². The summed E-state index contributed by atoms with van der Waals surface area (Å²) in [5.74, 6) is 0.370. The number of rotatable bonds is 9. The van der Waals surface area contributed by atoms with E-state index in [0.29, 0.717) is 12.3 Å². The molecule has 0 rings (SSSR count). The predicted molar refractivity (Wildman–Crippen MR) is 77.9 cm³/mol. The largest absolute Gasteiger partial charge is 0.460 e. The monoisotopic (exact) mass is 270 g/mol. The van der Waals surface area contributed by atoms with E-state index in [1.54, 1.807) is 0 Å². The van der Waals surface area contributed by atoms with Crippen molar-refractivity contribution in [2.24, 2.45) is 11.8 Å². The zero-order valence-electron chi connectivity index (χ0n) is 13.2. The SMILES string of the molecule is CC(CC=O)CCCCCC(C)C(=O)OC(C)(C)C. The highest BCUT2D eigenvalue weighted by atomic mass is 16.6. The van der Waals surface area contributed by atoms with Crippen molar-refractivity contribution >= 4 is 12.3 Å². The van der Waals surface area contributed by atoms with Gasteiger partial charge >= 0.3 is 5.97 Å². The number of unbranched alkanes of at least 4 members (excludes halogenated alkanes) is 2. The maximum absolute atomic E-state index is 11.8. The maximum Gasteiger partial charge on any atom is 0.309 e. The van der Waals surface area contributed by atoms with Gasteiger partial charge in [-0.1, -0.05) is 39.5 Å². The highest BCUT2D eigenvalue weighted by Gasteiger charge is 2.21. The van der Waals surface area contributed by atoms with Gasteiger partial charge in [0.15, 0.2) is 0 Å². The van der Waals surface area contributed by atoms with E-state index >= 15 is 0 Å². The zero-order chi connectivity index (χ0) is 14.9. The third kappa shape index (κ3) is 10.7. The standard InChI is InChI=1S/C16H30O3/c1-13(11-12-17)9-7-6-8-10-14(2)15(18)19-16(3,4)5/h12-14H,6-11H2,1-5H3. The first-order valence-electron chi connectivity index (χ1n) is 7.42. The minimum atomic E-state index is -0.393. The van der Waals surface area contributed by atoms with Crippen LogP contribution in [-0.4, -0.2) is 17.9 Å². The van der Waals surface area contributed by atoms with Crippen LogP contribution in [-0.2, 0) is 14.3 Å². The van der Waals surface area contributed by atoms with Gasteiger partial charge in [-0.3, -0.25) is 4.79 Å².